The summed E-state index contributed by atoms with van der Waals surface area (Å²) in [6, 6.07) is 5.40. The van der Waals surface area contributed by atoms with Crippen molar-refractivity contribution >= 4 is 34.5 Å². The van der Waals surface area contributed by atoms with Crippen molar-refractivity contribution in [3.63, 3.8) is 0 Å². The molecule has 1 heterocycles. The monoisotopic (exact) mass is 273 g/mol. The zero-order chi connectivity index (χ0) is 11.7. The topological polar surface area (TPSA) is 22.0 Å². The number of nitrogens with zero attached hydrogens (tertiary/aromatic N) is 1. The molecule has 0 aliphatic carbocycles. The van der Waals surface area contributed by atoms with Crippen molar-refractivity contribution in [3.05, 3.63) is 54.5 Å². The molecule has 5 heteroatoms. The lowest BCUT2D eigenvalue weighted by Crippen LogP contribution is -2.15. The van der Waals surface area contributed by atoms with Crippen LogP contribution in [0, 0.1) is 6.92 Å². The van der Waals surface area contributed by atoms with E-state index in [1.165, 1.54) is 11.3 Å². The minimum Gasteiger partial charge on any atom is -0.299 e. The molecule has 0 fully saturated rings. The van der Waals surface area contributed by atoms with Crippen molar-refractivity contribution in [3.8, 4) is 0 Å². The number of aromatic nitrogens is 1. The minimum atomic E-state index is 0.0450. The van der Waals surface area contributed by atoms with Gasteiger partial charge >= 0.3 is 4.87 Å². The van der Waals surface area contributed by atoms with E-state index in [9.17, 15) is 4.79 Å². The van der Waals surface area contributed by atoms with Crippen LogP contribution >= 0.6 is 34.5 Å². The first-order valence-electron chi connectivity index (χ1n) is 4.67. The number of aryl methyl sites for hydroxylation is 1. The van der Waals surface area contributed by atoms with Gasteiger partial charge in [0.1, 0.15) is 0 Å². The lowest BCUT2D eigenvalue weighted by molar-refractivity contribution is 0.755. The second-order valence-corrected chi connectivity index (χ2v) is 5.11. The number of hydrogen-bond donors (Lipinski definition) is 0. The summed E-state index contributed by atoms with van der Waals surface area (Å²) in [5.41, 5.74) is 1.93. The van der Waals surface area contributed by atoms with Gasteiger partial charge in [-0.25, -0.2) is 0 Å². The maximum Gasteiger partial charge on any atom is 0.307 e. The Labute approximate surface area is 107 Å². The van der Waals surface area contributed by atoms with Gasteiger partial charge in [-0.05, 0) is 24.6 Å². The normalized spacial score (nSPS) is 10.7. The van der Waals surface area contributed by atoms with Crippen LogP contribution in [-0.2, 0) is 6.54 Å². The molecule has 2 rings (SSSR count). The molecule has 0 saturated carbocycles. The Hall–Kier alpha value is -0.770. The molecular formula is C11H9Cl2NOS. The van der Waals surface area contributed by atoms with Gasteiger partial charge < -0.3 is 0 Å². The lowest BCUT2D eigenvalue weighted by Gasteiger charge is -2.05. The molecule has 0 radical (unpaired) electrons. The predicted molar refractivity (Wildman–Crippen MR) is 68.9 cm³/mol. The Bertz CT molecular complexity index is 574. The van der Waals surface area contributed by atoms with E-state index in [1.807, 2.05) is 18.4 Å². The van der Waals surface area contributed by atoms with Gasteiger partial charge in [-0.2, -0.15) is 0 Å². The molecule has 0 amide bonds. The number of halogens is 2. The highest BCUT2D eigenvalue weighted by atomic mass is 35.5. The third-order valence-electron chi connectivity index (χ3n) is 2.30. The molecule has 16 heavy (non-hydrogen) atoms. The zero-order valence-corrected chi connectivity index (χ0v) is 10.9. The Morgan fingerprint density at radius 2 is 2.06 bits per heavy atom. The van der Waals surface area contributed by atoms with Crippen molar-refractivity contribution in [2.24, 2.45) is 0 Å². The van der Waals surface area contributed by atoms with Gasteiger partial charge in [0.05, 0.1) is 16.6 Å². The Morgan fingerprint density at radius 1 is 1.31 bits per heavy atom. The third kappa shape index (κ3) is 2.32. The zero-order valence-electron chi connectivity index (χ0n) is 8.54. The Kier molecular flexibility index (Phi) is 3.38. The van der Waals surface area contributed by atoms with Gasteiger partial charge in [-0.3, -0.25) is 9.36 Å². The summed E-state index contributed by atoms with van der Waals surface area (Å²) >= 11 is 12.9. The van der Waals surface area contributed by atoms with Crippen molar-refractivity contribution < 1.29 is 0 Å². The van der Waals surface area contributed by atoms with E-state index in [0.29, 0.717) is 16.6 Å². The summed E-state index contributed by atoms with van der Waals surface area (Å²) in [6.45, 7) is 2.44. The van der Waals surface area contributed by atoms with Crippen LogP contribution in [0.3, 0.4) is 0 Å². The first-order valence-corrected chi connectivity index (χ1v) is 6.30. The lowest BCUT2D eigenvalue weighted by atomic mass is 10.2. The van der Waals surface area contributed by atoms with Gasteiger partial charge in [0.2, 0.25) is 0 Å². The van der Waals surface area contributed by atoms with Gasteiger partial charge in [-0.15, -0.1) is 0 Å². The maximum atomic E-state index is 11.5. The second-order valence-electron chi connectivity index (χ2n) is 3.48. The fraction of sp³-hybridized carbons (Fsp3) is 0.182. The Morgan fingerprint density at radius 3 is 2.62 bits per heavy atom. The van der Waals surface area contributed by atoms with Crippen LogP contribution in [0.2, 0.25) is 10.0 Å². The molecule has 2 nitrogen and oxygen atoms in total. The molecule has 1 aromatic heterocycles. The summed E-state index contributed by atoms with van der Waals surface area (Å²) in [5, 5.41) is 2.89. The van der Waals surface area contributed by atoms with Crippen LogP contribution in [0.5, 0.6) is 0 Å². The van der Waals surface area contributed by atoms with Crippen molar-refractivity contribution in [1.29, 1.82) is 0 Å². The van der Waals surface area contributed by atoms with Crippen LogP contribution in [0.15, 0.2) is 28.4 Å². The molecule has 0 spiro atoms. The van der Waals surface area contributed by atoms with E-state index in [2.05, 4.69) is 0 Å². The summed E-state index contributed by atoms with van der Waals surface area (Å²) < 4.78 is 1.71. The predicted octanol–water partition coefficient (Wildman–Crippen LogP) is 3.57. The van der Waals surface area contributed by atoms with Crippen molar-refractivity contribution in [2.75, 3.05) is 0 Å². The summed E-state index contributed by atoms with van der Waals surface area (Å²) in [6.07, 6.45) is 0. The SMILES string of the molecule is Cc1csc(=O)n1Cc1ccc(Cl)c(Cl)c1. The standard InChI is InChI=1S/C11H9Cl2NOS/c1-7-6-16-11(15)14(7)5-8-2-3-9(12)10(13)4-8/h2-4,6H,5H2,1H3. The van der Waals surface area contributed by atoms with Crippen LogP contribution in [0.4, 0.5) is 0 Å². The van der Waals surface area contributed by atoms with Gasteiger partial charge in [0.25, 0.3) is 0 Å². The number of hydrogen-bond acceptors (Lipinski definition) is 2. The molecule has 0 aliphatic heterocycles. The van der Waals surface area contributed by atoms with E-state index in [4.69, 9.17) is 23.2 Å². The van der Waals surface area contributed by atoms with Crippen LogP contribution < -0.4 is 4.87 Å². The average Bonchev–Trinajstić information content (AvgIpc) is 2.55. The molecule has 0 unspecified atom stereocenters. The largest absolute Gasteiger partial charge is 0.307 e. The highest BCUT2D eigenvalue weighted by Gasteiger charge is 2.05. The van der Waals surface area contributed by atoms with Crippen molar-refractivity contribution in [2.45, 2.75) is 13.5 Å². The van der Waals surface area contributed by atoms with Crippen LogP contribution in [0.25, 0.3) is 0 Å². The molecule has 1 aromatic carbocycles. The highest BCUT2D eigenvalue weighted by Crippen LogP contribution is 2.23. The quantitative estimate of drug-likeness (QED) is 0.820. The average molecular weight is 274 g/mol. The molecule has 2 aromatic rings. The molecule has 0 atom stereocenters. The third-order valence-corrected chi connectivity index (χ3v) is 3.92. The molecule has 84 valence electrons. The van der Waals surface area contributed by atoms with Crippen LogP contribution in [0.1, 0.15) is 11.3 Å². The van der Waals surface area contributed by atoms with E-state index in [0.717, 1.165) is 11.3 Å². The second kappa shape index (κ2) is 4.62. The number of rotatable bonds is 2. The number of benzene rings is 1. The van der Waals surface area contributed by atoms with Gasteiger partial charge in [0.15, 0.2) is 0 Å². The maximum absolute atomic E-state index is 11.5. The first kappa shape index (κ1) is 11.7. The first-order chi connectivity index (χ1) is 7.58. The van der Waals surface area contributed by atoms with Crippen molar-refractivity contribution in [1.82, 2.24) is 4.57 Å². The molecule has 0 N–H and O–H groups in total. The van der Waals surface area contributed by atoms with Gasteiger partial charge in [-0.1, -0.05) is 40.6 Å². The molecule has 0 aliphatic rings. The molecule has 0 saturated heterocycles. The smallest absolute Gasteiger partial charge is 0.299 e. The molecule has 0 bridgehead atoms. The van der Waals surface area contributed by atoms with Crippen LogP contribution in [-0.4, -0.2) is 4.57 Å². The fourth-order valence-corrected chi connectivity index (χ4v) is 2.47. The summed E-state index contributed by atoms with van der Waals surface area (Å²) in [7, 11) is 0. The minimum absolute atomic E-state index is 0.0450. The van der Waals surface area contributed by atoms with E-state index in [-0.39, 0.29) is 4.87 Å². The summed E-state index contributed by atoms with van der Waals surface area (Å²) in [4.78, 5) is 11.6. The van der Waals surface area contributed by atoms with E-state index >= 15 is 0 Å². The highest BCUT2D eigenvalue weighted by molar-refractivity contribution is 7.07. The summed E-state index contributed by atoms with van der Waals surface area (Å²) in [5.74, 6) is 0. The van der Waals surface area contributed by atoms with Gasteiger partial charge in [0, 0.05) is 11.1 Å². The Balaban J connectivity index is 2.34. The molecular weight excluding hydrogens is 265 g/mol. The van der Waals surface area contributed by atoms with E-state index in [1.54, 1.807) is 16.7 Å². The van der Waals surface area contributed by atoms with E-state index < -0.39 is 0 Å². The number of thiazole rings is 1. The fourth-order valence-electron chi connectivity index (χ4n) is 1.42.